The summed E-state index contributed by atoms with van der Waals surface area (Å²) in [6.45, 7) is 5.35. The summed E-state index contributed by atoms with van der Waals surface area (Å²) in [4.78, 5) is 0.113. The minimum Gasteiger partial charge on any atom is -0.399 e. The molecule has 2 N–H and O–H groups in total. The van der Waals surface area contributed by atoms with Gasteiger partial charge in [-0.25, -0.2) is 8.42 Å². The number of hydrogen-bond donors (Lipinski definition) is 1. The molecule has 0 aliphatic carbocycles. The van der Waals surface area contributed by atoms with Crippen LogP contribution in [0.5, 0.6) is 0 Å². The Bertz CT molecular complexity index is 597. The van der Waals surface area contributed by atoms with Gasteiger partial charge in [-0.1, -0.05) is 25.4 Å². The Balaban J connectivity index is 2.35. The largest absolute Gasteiger partial charge is 0.399 e. The summed E-state index contributed by atoms with van der Waals surface area (Å²) in [5, 5.41) is 0.227. The number of benzene rings is 1. The second kappa shape index (κ2) is 5.54. The lowest BCUT2D eigenvalue weighted by Crippen LogP contribution is -2.32. The van der Waals surface area contributed by atoms with E-state index in [1.54, 1.807) is 10.4 Å². The van der Waals surface area contributed by atoms with Crippen molar-refractivity contribution >= 4 is 27.3 Å². The van der Waals surface area contributed by atoms with Crippen molar-refractivity contribution in [2.75, 3.05) is 18.8 Å². The Morgan fingerprint density at radius 3 is 2.55 bits per heavy atom. The maximum absolute atomic E-state index is 12.7. The Morgan fingerprint density at radius 1 is 1.35 bits per heavy atom. The first-order valence-electron chi connectivity index (χ1n) is 6.90. The Labute approximate surface area is 126 Å². The van der Waals surface area contributed by atoms with Gasteiger partial charge >= 0.3 is 0 Å². The minimum atomic E-state index is -3.56. The molecule has 1 aliphatic heterocycles. The van der Waals surface area contributed by atoms with E-state index >= 15 is 0 Å². The van der Waals surface area contributed by atoms with Crippen LogP contribution in [0.25, 0.3) is 0 Å². The highest BCUT2D eigenvalue weighted by molar-refractivity contribution is 7.89. The van der Waals surface area contributed by atoms with E-state index in [1.165, 1.54) is 12.1 Å². The van der Waals surface area contributed by atoms with Crippen LogP contribution in [0.4, 0.5) is 5.69 Å². The average Bonchev–Trinajstić information content (AvgIpc) is 2.87. The third-order valence-electron chi connectivity index (χ3n) is 4.48. The fraction of sp³-hybridized carbons (Fsp3) is 0.571. The molecule has 4 nitrogen and oxygen atoms in total. The number of anilines is 1. The summed E-state index contributed by atoms with van der Waals surface area (Å²) in [5.74, 6) is 0. The van der Waals surface area contributed by atoms with Crippen molar-refractivity contribution in [1.82, 2.24) is 4.31 Å². The average molecular weight is 317 g/mol. The van der Waals surface area contributed by atoms with Gasteiger partial charge in [0.2, 0.25) is 10.0 Å². The Hall–Kier alpha value is -0.780. The van der Waals surface area contributed by atoms with E-state index in [0.29, 0.717) is 18.8 Å². The van der Waals surface area contributed by atoms with Crippen molar-refractivity contribution in [3.05, 3.63) is 23.2 Å². The van der Waals surface area contributed by atoms with Gasteiger partial charge in [-0.05, 0) is 42.9 Å². The summed E-state index contributed by atoms with van der Waals surface area (Å²) < 4.78 is 27.0. The van der Waals surface area contributed by atoms with Crippen molar-refractivity contribution in [2.45, 2.75) is 38.0 Å². The molecule has 0 spiro atoms. The quantitative estimate of drug-likeness (QED) is 0.868. The van der Waals surface area contributed by atoms with E-state index in [9.17, 15) is 8.42 Å². The van der Waals surface area contributed by atoms with E-state index in [4.69, 9.17) is 17.3 Å². The number of nitrogen functional groups attached to an aromatic ring is 1. The minimum absolute atomic E-state index is 0.0971. The highest BCUT2D eigenvalue weighted by Gasteiger charge is 2.41. The topological polar surface area (TPSA) is 63.4 Å². The first kappa shape index (κ1) is 15.6. The molecule has 0 amide bonds. The monoisotopic (exact) mass is 316 g/mol. The summed E-state index contributed by atoms with van der Waals surface area (Å²) in [7, 11) is -3.56. The van der Waals surface area contributed by atoms with Gasteiger partial charge in [-0.15, -0.1) is 0 Å². The molecule has 0 saturated carbocycles. The van der Waals surface area contributed by atoms with E-state index in [-0.39, 0.29) is 15.3 Å². The second-order valence-corrected chi connectivity index (χ2v) is 7.80. The van der Waals surface area contributed by atoms with Crippen LogP contribution in [0.3, 0.4) is 0 Å². The molecule has 1 saturated heterocycles. The fourth-order valence-electron chi connectivity index (χ4n) is 2.78. The lowest BCUT2D eigenvalue weighted by atomic mass is 9.82. The zero-order valence-electron chi connectivity index (χ0n) is 11.9. The molecule has 0 radical (unpaired) electrons. The molecule has 0 atom stereocenters. The summed E-state index contributed by atoms with van der Waals surface area (Å²) >= 11 is 6.04. The van der Waals surface area contributed by atoms with Crippen LogP contribution in [0, 0.1) is 5.41 Å². The second-order valence-electron chi connectivity index (χ2n) is 5.49. The van der Waals surface area contributed by atoms with Crippen LogP contribution >= 0.6 is 11.6 Å². The SMILES string of the molecule is CCC1(CC)CCN(S(=O)(=O)c2cc(N)ccc2Cl)C1. The third kappa shape index (κ3) is 2.67. The zero-order valence-corrected chi connectivity index (χ0v) is 13.5. The summed E-state index contributed by atoms with van der Waals surface area (Å²) in [6.07, 6.45) is 2.87. The van der Waals surface area contributed by atoms with Crippen molar-refractivity contribution in [2.24, 2.45) is 5.41 Å². The molecule has 1 fully saturated rings. The molecule has 2 rings (SSSR count). The Kier molecular flexibility index (Phi) is 4.33. The maximum Gasteiger partial charge on any atom is 0.244 e. The predicted molar refractivity (Wildman–Crippen MR) is 82.3 cm³/mol. The van der Waals surface area contributed by atoms with Crippen molar-refractivity contribution in [1.29, 1.82) is 0 Å². The standard InChI is InChI=1S/C14H21ClN2O2S/c1-3-14(4-2)7-8-17(10-14)20(18,19)13-9-11(16)5-6-12(13)15/h5-6,9H,3-4,7-8,10,16H2,1-2H3. The van der Waals surface area contributed by atoms with Crippen LogP contribution in [0.1, 0.15) is 33.1 Å². The summed E-state index contributed by atoms with van der Waals surface area (Å²) in [6, 6.07) is 4.58. The molecule has 0 aromatic heterocycles. The molecule has 0 bridgehead atoms. The van der Waals surface area contributed by atoms with Crippen LogP contribution in [0.2, 0.25) is 5.02 Å². The van der Waals surface area contributed by atoms with Gasteiger partial charge in [0.25, 0.3) is 0 Å². The van der Waals surface area contributed by atoms with Gasteiger partial charge in [0.1, 0.15) is 4.90 Å². The molecular weight excluding hydrogens is 296 g/mol. The molecule has 1 aliphatic rings. The highest BCUT2D eigenvalue weighted by atomic mass is 35.5. The zero-order chi connectivity index (χ0) is 15.0. The van der Waals surface area contributed by atoms with Crippen molar-refractivity contribution in [3.63, 3.8) is 0 Å². The van der Waals surface area contributed by atoms with Gasteiger partial charge in [-0.2, -0.15) is 4.31 Å². The van der Waals surface area contributed by atoms with Gasteiger partial charge in [0.15, 0.2) is 0 Å². The van der Waals surface area contributed by atoms with Crippen LogP contribution in [0.15, 0.2) is 23.1 Å². The van der Waals surface area contributed by atoms with Gasteiger partial charge in [0, 0.05) is 18.8 Å². The predicted octanol–water partition coefficient (Wildman–Crippen LogP) is 3.12. The molecule has 6 heteroatoms. The fourth-order valence-corrected chi connectivity index (χ4v) is 4.85. The maximum atomic E-state index is 12.7. The molecule has 112 valence electrons. The molecule has 1 aromatic rings. The lowest BCUT2D eigenvalue weighted by molar-refractivity contribution is 0.279. The molecular formula is C14H21ClN2O2S. The molecule has 0 unspecified atom stereocenters. The normalized spacial score (nSPS) is 19.4. The summed E-state index contributed by atoms with van der Waals surface area (Å²) in [5.41, 5.74) is 6.19. The first-order chi connectivity index (χ1) is 9.34. The molecule has 1 heterocycles. The van der Waals surface area contributed by atoms with Crippen LogP contribution < -0.4 is 5.73 Å². The van der Waals surface area contributed by atoms with Gasteiger partial charge in [0.05, 0.1) is 5.02 Å². The first-order valence-corrected chi connectivity index (χ1v) is 8.71. The van der Waals surface area contributed by atoms with E-state index in [1.807, 2.05) is 0 Å². The number of nitrogens with zero attached hydrogens (tertiary/aromatic N) is 1. The van der Waals surface area contributed by atoms with E-state index in [0.717, 1.165) is 19.3 Å². The number of rotatable bonds is 4. The Morgan fingerprint density at radius 2 is 2.00 bits per heavy atom. The third-order valence-corrected chi connectivity index (χ3v) is 6.80. The molecule has 1 aromatic carbocycles. The number of halogens is 1. The number of hydrogen-bond acceptors (Lipinski definition) is 3. The lowest BCUT2D eigenvalue weighted by Gasteiger charge is -2.26. The van der Waals surface area contributed by atoms with Gasteiger partial charge in [-0.3, -0.25) is 0 Å². The van der Waals surface area contributed by atoms with Crippen molar-refractivity contribution in [3.8, 4) is 0 Å². The van der Waals surface area contributed by atoms with E-state index < -0.39 is 10.0 Å². The van der Waals surface area contributed by atoms with Crippen molar-refractivity contribution < 1.29 is 8.42 Å². The molecule has 20 heavy (non-hydrogen) atoms. The van der Waals surface area contributed by atoms with Gasteiger partial charge < -0.3 is 5.73 Å². The van der Waals surface area contributed by atoms with Crippen LogP contribution in [-0.4, -0.2) is 25.8 Å². The van der Waals surface area contributed by atoms with E-state index in [2.05, 4.69) is 13.8 Å². The number of nitrogens with two attached hydrogens (primary N) is 1. The highest BCUT2D eigenvalue weighted by Crippen LogP contribution is 2.40. The van der Waals surface area contributed by atoms with Crippen LogP contribution in [-0.2, 0) is 10.0 Å². The smallest absolute Gasteiger partial charge is 0.244 e. The number of sulfonamides is 1.